The van der Waals surface area contributed by atoms with Gasteiger partial charge in [0, 0.05) is 4.83 Å². The Morgan fingerprint density at radius 2 is 2.08 bits per heavy atom. The first-order valence-corrected chi connectivity index (χ1v) is 4.51. The number of hydrogen-bond donors (Lipinski definition) is 0. The molecule has 0 radical (unpaired) electrons. The lowest BCUT2D eigenvalue weighted by Gasteiger charge is -2.04. The van der Waals surface area contributed by atoms with E-state index in [-0.39, 0.29) is 10.4 Å². The van der Waals surface area contributed by atoms with Crippen LogP contribution in [0.1, 0.15) is 22.9 Å². The summed E-state index contributed by atoms with van der Waals surface area (Å²) in [6.45, 7) is 1.77. The highest BCUT2D eigenvalue weighted by Crippen LogP contribution is 2.25. The van der Waals surface area contributed by atoms with Gasteiger partial charge in [0.2, 0.25) is 0 Å². The summed E-state index contributed by atoms with van der Waals surface area (Å²) in [5, 5.41) is 8.48. The fourth-order valence-electron chi connectivity index (χ4n) is 0.921. The van der Waals surface area contributed by atoms with Crippen molar-refractivity contribution in [2.24, 2.45) is 0 Å². The Balaban J connectivity index is 3.32. The highest BCUT2D eigenvalue weighted by atomic mass is 79.9. The third kappa shape index (κ3) is 2.04. The van der Waals surface area contributed by atoms with Crippen LogP contribution >= 0.6 is 15.9 Å². The fraction of sp³-hybridized carbons (Fsp3) is 0.222. The molecule has 0 bridgehead atoms. The molecule has 4 heteroatoms. The van der Waals surface area contributed by atoms with Gasteiger partial charge in [-0.25, -0.2) is 8.78 Å². The maximum Gasteiger partial charge on any atom is 0.176 e. The second-order valence-corrected chi connectivity index (χ2v) is 3.97. The van der Waals surface area contributed by atoms with Gasteiger partial charge in [-0.2, -0.15) is 5.26 Å². The number of nitrogens with zero attached hydrogens (tertiary/aromatic N) is 1. The minimum Gasteiger partial charge on any atom is -0.204 e. The largest absolute Gasteiger partial charge is 0.204 e. The molecule has 1 rings (SSSR count). The van der Waals surface area contributed by atoms with Gasteiger partial charge in [0.1, 0.15) is 6.07 Å². The van der Waals surface area contributed by atoms with Crippen molar-refractivity contribution in [3.8, 4) is 6.07 Å². The minimum absolute atomic E-state index is 0.102. The Morgan fingerprint density at radius 1 is 1.46 bits per heavy atom. The van der Waals surface area contributed by atoms with E-state index in [9.17, 15) is 8.78 Å². The van der Waals surface area contributed by atoms with Crippen LogP contribution in [0.3, 0.4) is 0 Å². The van der Waals surface area contributed by atoms with Crippen LogP contribution in [0, 0.1) is 23.0 Å². The Hall–Kier alpha value is -0.950. The van der Waals surface area contributed by atoms with E-state index in [0.717, 1.165) is 6.07 Å². The van der Waals surface area contributed by atoms with E-state index in [4.69, 9.17) is 5.26 Å². The summed E-state index contributed by atoms with van der Waals surface area (Å²) in [7, 11) is 0. The van der Waals surface area contributed by atoms with Gasteiger partial charge in [-0.1, -0.05) is 15.9 Å². The van der Waals surface area contributed by atoms with Crippen LogP contribution in [0.2, 0.25) is 0 Å². The van der Waals surface area contributed by atoms with Crippen LogP contribution in [0.5, 0.6) is 0 Å². The molecule has 0 aliphatic rings. The second-order valence-electron chi connectivity index (χ2n) is 2.59. The lowest BCUT2D eigenvalue weighted by Crippen LogP contribution is -1.94. The first-order chi connectivity index (χ1) is 6.06. The van der Waals surface area contributed by atoms with Gasteiger partial charge in [0.25, 0.3) is 0 Å². The van der Waals surface area contributed by atoms with Crippen molar-refractivity contribution in [1.82, 2.24) is 0 Å². The van der Waals surface area contributed by atoms with Crippen LogP contribution < -0.4 is 0 Å². The molecule has 1 unspecified atom stereocenters. The summed E-state index contributed by atoms with van der Waals surface area (Å²) in [6, 6.07) is 4.01. The summed E-state index contributed by atoms with van der Waals surface area (Å²) < 4.78 is 25.7. The number of halogens is 3. The quantitative estimate of drug-likeness (QED) is 0.697. The van der Waals surface area contributed by atoms with Gasteiger partial charge in [-0.05, 0) is 24.6 Å². The van der Waals surface area contributed by atoms with E-state index in [1.165, 1.54) is 6.07 Å². The second kappa shape index (κ2) is 3.84. The van der Waals surface area contributed by atoms with Gasteiger partial charge in [-0.15, -0.1) is 0 Å². The van der Waals surface area contributed by atoms with E-state index in [2.05, 4.69) is 15.9 Å². The van der Waals surface area contributed by atoms with Gasteiger partial charge in [0.05, 0.1) is 5.56 Å². The smallest absolute Gasteiger partial charge is 0.176 e. The zero-order chi connectivity index (χ0) is 10.0. The predicted molar refractivity (Wildman–Crippen MR) is 48.4 cm³/mol. The molecule has 1 nitrogen and oxygen atoms in total. The molecule has 0 amide bonds. The summed E-state index contributed by atoms with van der Waals surface area (Å²) >= 11 is 3.21. The maximum atomic E-state index is 12.8. The number of alkyl halides is 1. The van der Waals surface area contributed by atoms with Crippen molar-refractivity contribution < 1.29 is 8.78 Å². The van der Waals surface area contributed by atoms with E-state index >= 15 is 0 Å². The monoisotopic (exact) mass is 245 g/mol. The lowest BCUT2D eigenvalue weighted by molar-refractivity contribution is 0.505. The van der Waals surface area contributed by atoms with Crippen molar-refractivity contribution in [3.05, 3.63) is 34.9 Å². The van der Waals surface area contributed by atoms with Crippen molar-refractivity contribution >= 4 is 15.9 Å². The number of nitriles is 1. The molecule has 68 valence electrons. The SMILES string of the molecule is CC(Br)c1cc(F)c(F)c(C#N)c1. The normalized spacial score (nSPS) is 12.2. The third-order valence-corrected chi connectivity index (χ3v) is 2.16. The first-order valence-electron chi connectivity index (χ1n) is 3.59. The first kappa shape index (κ1) is 10.1. The maximum absolute atomic E-state index is 12.8. The molecule has 0 aromatic heterocycles. The zero-order valence-corrected chi connectivity index (χ0v) is 8.40. The lowest BCUT2D eigenvalue weighted by atomic mass is 10.1. The standard InChI is InChI=1S/C9H6BrF2N/c1-5(10)6-2-7(4-13)9(12)8(11)3-6/h2-3,5H,1H3. The van der Waals surface area contributed by atoms with Gasteiger partial charge < -0.3 is 0 Å². The van der Waals surface area contributed by atoms with Crippen LogP contribution in [0.25, 0.3) is 0 Å². The molecule has 1 atom stereocenters. The highest BCUT2D eigenvalue weighted by molar-refractivity contribution is 9.09. The molecule has 0 saturated heterocycles. The molecule has 0 aliphatic carbocycles. The molecular weight excluding hydrogens is 240 g/mol. The Labute approximate surface area is 83.1 Å². The molecule has 0 heterocycles. The average molecular weight is 246 g/mol. The minimum atomic E-state index is -1.08. The number of benzene rings is 1. The molecule has 0 saturated carbocycles. The summed E-state index contributed by atoms with van der Waals surface area (Å²) in [4.78, 5) is -0.102. The van der Waals surface area contributed by atoms with Crippen LogP contribution in [-0.4, -0.2) is 0 Å². The van der Waals surface area contributed by atoms with Gasteiger partial charge in [0.15, 0.2) is 11.6 Å². The Morgan fingerprint density at radius 3 is 2.54 bits per heavy atom. The van der Waals surface area contributed by atoms with Crippen molar-refractivity contribution in [2.75, 3.05) is 0 Å². The Kier molecular flexibility index (Phi) is 2.99. The Bertz CT molecular complexity index is 369. The summed E-state index contributed by atoms with van der Waals surface area (Å²) in [5.74, 6) is -2.07. The van der Waals surface area contributed by atoms with Crippen molar-refractivity contribution in [1.29, 1.82) is 5.26 Å². The topological polar surface area (TPSA) is 23.8 Å². The van der Waals surface area contributed by atoms with Crippen molar-refractivity contribution in [2.45, 2.75) is 11.8 Å². The fourth-order valence-corrected chi connectivity index (χ4v) is 1.19. The summed E-state index contributed by atoms with van der Waals surface area (Å²) in [6.07, 6.45) is 0. The van der Waals surface area contributed by atoms with E-state index in [0.29, 0.717) is 5.56 Å². The third-order valence-electron chi connectivity index (χ3n) is 1.63. The van der Waals surface area contributed by atoms with Crippen LogP contribution in [0.4, 0.5) is 8.78 Å². The molecule has 1 aromatic rings. The molecule has 1 aromatic carbocycles. The average Bonchev–Trinajstić information content (AvgIpc) is 2.09. The van der Waals surface area contributed by atoms with E-state index < -0.39 is 11.6 Å². The summed E-state index contributed by atoms with van der Waals surface area (Å²) in [5.41, 5.74) is 0.289. The van der Waals surface area contributed by atoms with Crippen LogP contribution in [0.15, 0.2) is 12.1 Å². The zero-order valence-electron chi connectivity index (χ0n) is 6.81. The van der Waals surface area contributed by atoms with E-state index in [1.807, 2.05) is 0 Å². The van der Waals surface area contributed by atoms with E-state index in [1.54, 1.807) is 13.0 Å². The molecule has 13 heavy (non-hydrogen) atoms. The number of hydrogen-bond acceptors (Lipinski definition) is 1. The van der Waals surface area contributed by atoms with Crippen molar-refractivity contribution in [3.63, 3.8) is 0 Å². The molecule has 0 N–H and O–H groups in total. The van der Waals surface area contributed by atoms with Gasteiger partial charge in [-0.3, -0.25) is 0 Å². The van der Waals surface area contributed by atoms with Crippen LogP contribution in [-0.2, 0) is 0 Å². The predicted octanol–water partition coefficient (Wildman–Crippen LogP) is 3.29. The number of rotatable bonds is 1. The highest BCUT2D eigenvalue weighted by Gasteiger charge is 2.12. The molecule has 0 fully saturated rings. The molecule has 0 aliphatic heterocycles. The molecule has 0 spiro atoms. The van der Waals surface area contributed by atoms with Gasteiger partial charge >= 0.3 is 0 Å². The molecular formula is C9H6BrF2N.